The van der Waals surface area contributed by atoms with Crippen LogP contribution in [-0.2, 0) is 11.0 Å². The Kier molecular flexibility index (Phi) is 6.28. The summed E-state index contributed by atoms with van der Waals surface area (Å²) in [6.45, 7) is 1.45. The maximum absolute atomic E-state index is 13.5. The van der Waals surface area contributed by atoms with Crippen molar-refractivity contribution in [2.75, 3.05) is 18.0 Å². The number of hydrogen-bond acceptors (Lipinski definition) is 6. The lowest BCUT2D eigenvalue weighted by molar-refractivity contribution is 0.0931. The minimum Gasteiger partial charge on any atom is -0.472 e. The monoisotopic (exact) mass is 511 g/mol. The number of piperidine rings is 1. The van der Waals surface area contributed by atoms with Crippen molar-refractivity contribution < 1.29 is 13.4 Å². The van der Waals surface area contributed by atoms with Crippen LogP contribution in [0.25, 0.3) is 22.2 Å². The third kappa shape index (κ3) is 4.53. The molecular weight excluding hydrogens is 486 g/mol. The van der Waals surface area contributed by atoms with Gasteiger partial charge in [-0.2, -0.15) is 0 Å². The molecule has 1 amide bonds. The summed E-state index contributed by atoms with van der Waals surface area (Å²) >= 11 is 0. The zero-order valence-electron chi connectivity index (χ0n) is 20.0. The van der Waals surface area contributed by atoms with E-state index in [1.54, 1.807) is 16.5 Å². The van der Waals surface area contributed by atoms with E-state index in [2.05, 4.69) is 20.2 Å². The van der Waals surface area contributed by atoms with E-state index in [4.69, 9.17) is 4.42 Å². The van der Waals surface area contributed by atoms with Crippen LogP contribution in [0.4, 0.5) is 5.82 Å². The molecule has 0 spiro atoms. The quantitative estimate of drug-likeness (QED) is 0.356. The number of anilines is 1. The molecule has 0 saturated carbocycles. The number of fused-ring (bicyclic) bond motifs is 1. The van der Waals surface area contributed by atoms with Crippen LogP contribution in [-0.4, -0.2) is 43.2 Å². The number of carbonyl (C=O) groups is 1. The Morgan fingerprint density at radius 3 is 2.41 bits per heavy atom. The Hall–Kier alpha value is -4.24. The maximum Gasteiger partial charge on any atom is 0.251 e. The van der Waals surface area contributed by atoms with Gasteiger partial charge in [0.2, 0.25) is 0 Å². The number of amides is 1. The SMILES string of the molecule is O=C(NC1CCN(c2ncnc3c2c(-c2ccoc2)cn3S(=O)c2ccccc2)CC1)c1ccccc1. The second-order valence-electron chi connectivity index (χ2n) is 8.94. The lowest BCUT2D eigenvalue weighted by Gasteiger charge is -2.33. The van der Waals surface area contributed by atoms with Gasteiger partial charge in [0, 0.05) is 42.0 Å². The van der Waals surface area contributed by atoms with E-state index in [1.165, 1.54) is 6.33 Å². The second-order valence-corrected chi connectivity index (χ2v) is 10.3. The number of nitrogens with one attached hydrogen (secondary N) is 1. The summed E-state index contributed by atoms with van der Waals surface area (Å²) in [7, 11) is -1.48. The molecule has 0 radical (unpaired) electrons. The molecule has 3 aromatic heterocycles. The lowest BCUT2D eigenvalue weighted by Crippen LogP contribution is -2.45. The fraction of sp³-hybridized carbons (Fsp3) is 0.179. The highest BCUT2D eigenvalue weighted by atomic mass is 32.2. The van der Waals surface area contributed by atoms with Crippen LogP contribution in [0, 0.1) is 0 Å². The smallest absolute Gasteiger partial charge is 0.251 e. The highest BCUT2D eigenvalue weighted by Crippen LogP contribution is 2.37. The summed E-state index contributed by atoms with van der Waals surface area (Å²) < 4.78 is 20.6. The number of rotatable bonds is 6. The van der Waals surface area contributed by atoms with Gasteiger partial charge in [-0.1, -0.05) is 36.4 Å². The molecule has 1 N–H and O–H groups in total. The van der Waals surface area contributed by atoms with Crippen molar-refractivity contribution in [1.29, 1.82) is 0 Å². The first-order valence-electron chi connectivity index (χ1n) is 12.2. The van der Waals surface area contributed by atoms with Gasteiger partial charge in [0.25, 0.3) is 5.91 Å². The van der Waals surface area contributed by atoms with Crippen molar-refractivity contribution in [2.24, 2.45) is 0 Å². The van der Waals surface area contributed by atoms with Gasteiger partial charge in [-0.15, -0.1) is 0 Å². The molecule has 1 unspecified atom stereocenters. The topological polar surface area (TPSA) is 93.3 Å². The van der Waals surface area contributed by atoms with Crippen LogP contribution in [0.5, 0.6) is 0 Å². The van der Waals surface area contributed by atoms with Gasteiger partial charge in [0.1, 0.15) is 12.1 Å². The summed E-state index contributed by atoms with van der Waals surface area (Å²) in [6, 6.07) is 20.6. The number of nitrogens with zero attached hydrogens (tertiary/aromatic N) is 4. The molecule has 5 aromatic rings. The second kappa shape index (κ2) is 10.0. The van der Waals surface area contributed by atoms with Gasteiger partial charge in [-0.3, -0.25) is 4.79 Å². The van der Waals surface area contributed by atoms with Crippen LogP contribution in [0.2, 0.25) is 0 Å². The van der Waals surface area contributed by atoms with Gasteiger partial charge in [-0.25, -0.2) is 18.1 Å². The lowest BCUT2D eigenvalue weighted by atomic mass is 10.0. The molecule has 1 atom stereocenters. The minimum absolute atomic E-state index is 0.0498. The molecule has 9 heteroatoms. The Labute approximate surface area is 216 Å². The molecule has 8 nitrogen and oxygen atoms in total. The summed E-state index contributed by atoms with van der Waals surface area (Å²) in [6.07, 6.45) is 8.27. The highest BCUT2D eigenvalue weighted by molar-refractivity contribution is 7.83. The molecular formula is C28H25N5O3S. The number of furan rings is 1. The van der Waals surface area contributed by atoms with Gasteiger partial charge in [0.05, 0.1) is 22.8 Å². The molecule has 0 aliphatic carbocycles. The Bertz CT molecular complexity index is 1540. The van der Waals surface area contributed by atoms with Crippen LogP contribution in [0.3, 0.4) is 0 Å². The van der Waals surface area contributed by atoms with E-state index in [-0.39, 0.29) is 11.9 Å². The predicted molar refractivity (Wildman–Crippen MR) is 143 cm³/mol. The van der Waals surface area contributed by atoms with Crippen LogP contribution in [0.15, 0.2) is 101 Å². The summed E-state index contributed by atoms with van der Waals surface area (Å²) in [5.74, 6) is 0.740. The van der Waals surface area contributed by atoms with Gasteiger partial charge in [-0.05, 0) is 43.2 Å². The molecule has 1 aliphatic rings. The average molecular weight is 512 g/mol. The fourth-order valence-corrected chi connectivity index (χ4v) is 5.88. The predicted octanol–water partition coefficient (Wildman–Crippen LogP) is 4.66. The summed E-state index contributed by atoms with van der Waals surface area (Å²) in [5.41, 5.74) is 3.00. The molecule has 2 aromatic carbocycles. The first kappa shape index (κ1) is 23.2. The number of aromatic nitrogens is 3. The highest BCUT2D eigenvalue weighted by Gasteiger charge is 2.27. The maximum atomic E-state index is 13.5. The van der Waals surface area contributed by atoms with Gasteiger partial charge >= 0.3 is 0 Å². The molecule has 1 aliphatic heterocycles. The molecule has 1 saturated heterocycles. The van der Waals surface area contributed by atoms with E-state index in [0.29, 0.717) is 16.1 Å². The standard InChI is InChI=1S/C28H25N5O3S/c34-28(20-7-3-1-4-8-20)31-22-11-14-32(15-12-22)26-25-24(21-13-16-36-18-21)17-33(27(25)30-19-29-26)37(35)23-9-5-2-6-10-23/h1-10,13,16-19,22H,11-12,14-15H2,(H,31,34). The molecule has 6 rings (SSSR count). The Morgan fingerprint density at radius 2 is 1.70 bits per heavy atom. The van der Waals surface area contributed by atoms with E-state index in [0.717, 1.165) is 48.3 Å². The fourth-order valence-electron chi connectivity index (χ4n) is 4.77. The van der Waals surface area contributed by atoms with Crippen molar-refractivity contribution in [3.63, 3.8) is 0 Å². The molecule has 1 fully saturated rings. The van der Waals surface area contributed by atoms with Crippen molar-refractivity contribution >= 4 is 33.7 Å². The van der Waals surface area contributed by atoms with Gasteiger partial charge in [0.15, 0.2) is 16.6 Å². The minimum atomic E-state index is -1.48. The zero-order chi connectivity index (χ0) is 25.2. The molecule has 4 heterocycles. The van der Waals surface area contributed by atoms with Crippen molar-refractivity contribution in [3.05, 3.63) is 97.3 Å². The third-order valence-electron chi connectivity index (χ3n) is 6.65. The van der Waals surface area contributed by atoms with Crippen LogP contribution < -0.4 is 10.2 Å². The van der Waals surface area contributed by atoms with Crippen LogP contribution >= 0.6 is 0 Å². The molecule has 186 valence electrons. The van der Waals surface area contributed by atoms with E-state index < -0.39 is 11.0 Å². The van der Waals surface area contributed by atoms with Crippen molar-refractivity contribution in [3.8, 4) is 11.1 Å². The van der Waals surface area contributed by atoms with E-state index in [1.807, 2.05) is 72.9 Å². The third-order valence-corrected chi connectivity index (χ3v) is 7.96. The van der Waals surface area contributed by atoms with Crippen molar-refractivity contribution in [1.82, 2.24) is 19.3 Å². The number of hydrogen-bond donors (Lipinski definition) is 1. The van der Waals surface area contributed by atoms with E-state index >= 15 is 0 Å². The molecule has 37 heavy (non-hydrogen) atoms. The van der Waals surface area contributed by atoms with E-state index in [9.17, 15) is 9.00 Å². The Balaban J connectivity index is 1.31. The normalized spacial score (nSPS) is 15.1. The first-order valence-corrected chi connectivity index (χ1v) is 13.3. The van der Waals surface area contributed by atoms with Gasteiger partial charge < -0.3 is 14.6 Å². The van der Waals surface area contributed by atoms with Crippen LogP contribution in [0.1, 0.15) is 23.2 Å². The summed E-state index contributed by atoms with van der Waals surface area (Å²) in [5, 5.41) is 3.99. The Morgan fingerprint density at radius 1 is 0.973 bits per heavy atom. The average Bonchev–Trinajstić information content (AvgIpc) is 3.62. The number of benzene rings is 2. The largest absolute Gasteiger partial charge is 0.472 e. The summed E-state index contributed by atoms with van der Waals surface area (Å²) in [4.78, 5) is 24.7. The number of carbonyl (C=O) groups excluding carboxylic acids is 1. The van der Waals surface area contributed by atoms with Crippen molar-refractivity contribution in [2.45, 2.75) is 23.8 Å². The first-order chi connectivity index (χ1) is 18.2. The zero-order valence-corrected chi connectivity index (χ0v) is 20.8. The molecule has 0 bridgehead atoms.